The van der Waals surface area contributed by atoms with Crippen LogP contribution in [0.4, 0.5) is 5.69 Å². The summed E-state index contributed by atoms with van der Waals surface area (Å²) in [5.41, 5.74) is 1.88. The Morgan fingerprint density at radius 3 is 2.90 bits per heavy atom. The third-order valence-corrected chi connectivity index (χ3v) is 3.60. The zero-order valence-electron chi connectivity index (χ0n) is 11.9. The monoisotopic (exact) mass is 308 g/mol. The molecule has 1 unspecified atom stereocenters. The number of rotatable bonds is 6. The highest BCUT2D eigenvalue weighted by Gasteiger charge is 2.11. The average molecular weight is 309 g/mol. The van der Waals surface area contributed by atoms with Crippen molar-refractivity contribution in [2.24, 2.45) is 0 Å². The molecular formula is C14H17ClN4O2. The van der Waals surface area contributed by atoms with E-state index in [0.29, 0.717) is 11.6 Å². The predicted octanol–water partition coefficient (Wildman–Crippen LogP) is 3.16. The van der Waals surface area contributed by atoms with Crippen molar-refractivity contribution >= 4 is 17.3 Å². The maximum atomic E-state index is 10.7. The first-order valence-corrected chi connectivity index (χ1v) is 7.07. The van der Waals surface area contributed by atoms with Gasteiger partial charge in [-0.2, -0.15) is 5.10 Å². The summed E-state index contributed by atoms with van der Waals surface area (Å²) in [7, 11) is 0. The fraction of sp³-hybridized carbons (Fsp3) is 0.357. The molecule has 0 fully saturated rings. The molecule has 1 N–H and O–H groups in total. The third-order valence-electron chi connectivity index (χ3n) is 3.24. The molecule has 2 aromatic rings. The van der Waals surface area contributed by atoms with Gasteiger partial charge >= 0.3 is 0 Å². The zero-order valence-corrected chi connectivity index (χ0v) is 12.7. The van der Waals surface area contributed by atoms with Crippen LogP contribution in [0.25, 0.3) is 0 Å². The van der Waals surface area contributed by atoms with Crippen molar-refractivity contribution in [1.82, 2.24) is 15.1 Å². The molecule has 6 nitrogen and oxygen atoms in total. The molecule has 0 saturated carbocycles. The van der Waals surface area contributed by atoms with Gasteiger partial charge in [0, 0.05) is 29.9 Å². The van der Waals surface area contributed by atoms with Crippen LogP contribution in [0.3, 0.4) is 0 Å². The minimum atomic E-state index is -0.459. The summed E-state index contributed by atoms with van der Waals surface area (Å²) in [6.07, 6.45) is 3.76. The predicted molar refractivity (Wildman–Crippen MR) is 81.5 cm³/mol. The SMILES string of the molecule is CCNC(C)c1cnn(Cc2ccc([N+](=O)[O-])cc2Cl)c1. The molecule has 0 aliphatic carbocycles. The molecule has 0 aliphatic heterocycles. The highest BCUT2D eigenvalue weighted by Crippen LogP contribution is 2.23. The number of benzene rings is 1. The van der Waals surface area contributed by atoms with Gasteiger partial charge in [0.15, 0.2) is 0 Å². The zero-order chi connectivity index (χ0) is 15.4. The number of non-ortho nitro benzene ring substituents is 1. The molecule has 0 radical (unpaired) electrons. The molecular weight excluding hydrogens is 292 g/mol. The molecule has 0 bridgehead atoms. The summed E-state index contributed by atoms with van der Waals surface area (Å²) in [6, 6.07) is 4.71. The van der Waals surface area contributed by atoms with E-state index in [0.717, 1.165) is 17.7 Å². The Bertz CT molecular complexity index is 642. The van der Waals surface area contributed by atoms with Gasteiger partial charge in [-0.1, -0.05) is 18.5 Å². The molecule has 1 heterocycles. The Morgan fingerprint density at radius 1 is 1.52 bits per heavy atom. The van der Waals surface area contributed by atoms with E-state index in [4.69, 9.17) is 11.6 Å². The molecule has 1 aromatic carbocycles. The van der Waals surface area contributed by atoms with Gasteiger partial charge in [-0.3, -0.25) is 14.8 Å². The Hall–Kier alpha value is -1.92. The Morgan fingerprint density at radius 2 is 2.29 bits per heavy atom. The minimum Gasteiger partial charge on any atom is -0.310 e. The van der Waals surface area contributed by atoms with E-state index in [2.05, 4.69) is 24.3 Å². The van der Waals surface area contributed by atoms with Gasteiger partial charge in [-0.25, -0.2) is 0 Å². The number of nitrogens with one attached hydrogen (secondary N) is 1. The number of hydrogen-bond donors (Lipinski definition) is 1. The summed E-state index contributed by atoms with van der Waals surface area (Å²) in [5, 5.41) is 18.7. The van der Waals surface area contributed by atoms with Gasteiger partial charge in [0.1, 0.15) is 0 Å². The smallest absolute Gasteiger partial charge is 0.270 e. The van der Waals surface area contributed by atoms with Crippen LogP contribution in [-0.4, -0.2) is 21.2 Å². The van der Waals surface area contributed by atoms with Crippen LogP contribution in [0.5, 0.6) is 0 Å². The standard InChI is InChI=1S/C14H17ClN4O2/c1-3-16-10(2)12-7-17-18(9-12)8-11-4-5-13(19(20)21)6-14(11)15/h4-7,9-10,16H,3,8H2,1-2H3. The molecule has 7 heteroatoms. The number of halogens is 1. The molecule has 1 aromatic heterocycles. The topological polar surface area (TPSA) is 73.0 Å². The maximum Gasteiger partial charge on any atom is 0.270 e. The summed E-state index contributed by atoms with van der Waals surface area (Å²) in [6.45, 7) is 5.50. The van der Waals surface area contributed by atoms with Gasteiger partial charge in [0.05, 0.1) is 22.7 Å². The van der Waals surface area contributed by atoms with Crippen LogP contribution < -0.4 is 5.32 Å². The summed E-state index contributed by atoms with van der Waals surface area (Å²) >= 11 is 6.08. The molecule has 2 rings (SSSR count). The van der Waals surface area contributed by atoms with Gasteiger partial charge in [-0.05, 0) is 25.1 Å². The molecule has 1 atom stereocenters. The van der Waals surface area contributed by atoms with E-state index in [1.165, 1.54) is 12.1 Å². The Labute approximate surface area is 127 Å². The number of nitro groups is 1. The number of nitro benzene ring substituents is 1. The lowest BCUT2D eigenvalue weighted by molar-refractivity contribution is -0.384. The molecule has 0 spiro atoms. The van der Waals surface area contributed by atoms with Gasteiger partial charge in [-0.15, -0.1) is 0 Å². The first-order chi connectivity index (χ1) is 10.0. The number of aromatic nitrogens is 2. The Balaban J connectivity index is 2.13. The highest BCUT2D eigenvalue weighted by atomic mass is 35.5. The third kappa shape index (κ3) is 3.80. The normalized spacial score (nSPS) is 12.3. The van der Waals surface area contributed by atoms with Crippen molar-refractivity contribution in [2.45, 2.75) is 26.4 Å². The van der Waals surface area contributed by atoms with Crippen LogP contribution >= 0.6 is 11.6 Å². The van der Waals surface area contributed by atoms with E-state index < -0.39 is 4.92 Å². The number of nitrogens with zero attached hydrogens (tertiary/aromatic N) is 3. The lowest BCUT2D eigenvalue weighted by Gasteiger charge is -2.09. The second kappa shape index (κ2) is 6.69. The van der Waals surface area contributed by atoms with Crippen LogP contribution in [0, 0.1) is 10.1 Å². The fourth-order valence-electron chi connectivity index (χ4n) is 2.07. The average Bonchev–Trinajstić information content (AvgIpc) is 2.90. The van der Waals surface area contributed by atoms with Crippen molar-refractivity contribution < 1.29 is 4.92 Å². The minimum absolute atomic E-state index is 0.00864. The lowest BCUT2D eigenvalue weighted by Crippen LogP contribution is -2.17. The highest BCUT2D eigenvalue weighted by molar-refractivity contribution is 6.31. The van der Waals surface area contributed by atoms with Crippen molar-refractivity contribution in [3.8, 4) is 0 Å². The van der Waals surface area contributed by atoms with Crippen LogP contribution in [0.15, 0.2) is 30.6 Å². The van der Waals surface area contributed by atoms with Crippen LogP contribution in [0.2, 0.25) is 5.02 Å². The van der Waals surface area contributed by atoms with E-state index in [1.807, 2.05) is 12.4 Å². The largest absolute Gasteiger partial charge is 0.310 e. The van der Waals surface area contributed by atoms with Gasteiger partial charge in [0.2, 0.25) is 0 Å². The van der Waals surface area contributed by atoms with Crippen molar-refractivity contribution in [3.05, 3.63) is 56.9 Å². The summed E-state index contributed by atoms with van der Waals surface area (Å²) in [5.74, 6) is 0. The second-order valence-corrected chi connectivity index (χ2v) is 5.19. The summed E-state index contributed by atoms with van der Waals surface area (Å²) in [4.78, 5) is 10.2. The molecule has 0 amide bonds. The molecule has 21 heavy (non-hydrogen) atoms. The Kier molecular flexibility index (Phi) is 4.93. The summed E-state index contributed by atoms with van der Waals surface area (Å²) < 4.78 is 1.77. The van der Waals surface area contributed by atoms with Crippen LogP contribution in [0.1, 0.15) is 31.0 Å². The number of hydrogen-bond acceptors (Lipinski definition) is 4. The lowest BCUT2D eigenvalue weighted by atomic mass is 10.2. The van der Waals surface area contributed by atoms with E-state index >= 15 is 0 Å². The van der Waals surface area contributed by atoms with Crippen molar-refractivity contribution in [1.29, 1.82) is 0 Å². The first-order valence-electron chi connectivity index (χ1n) is 6.69. The van der Waals surface area contributed by atoms with Gasteiger partial charge < -0.3 is 5.32 Å². The quantitative estimate of drug-likeness (QED) is 0.657. The van der Waals surface area contributed by atoms with E-state index in [-0.39, 0.29) is 11.7 Å². The second-order valence-electron chi connectivity index (χ2n) is 4.78. The molecule has 0 aliphatic rings. The molecule has 112 valence electrons. The fourth-order valence-corrected chi connectivity index (χ4v) is 2.30. The maximum absolute atomic E-state index is 10.7. The van der Waals surface area contributed by atoms with Crippen molar-refractivity contribution in [3.63, 3.8) is 0 Å². The molecule has 0 saturated heterocycles. The van der Waals surface area contributed by atoms with Gasteiger partial charge in [0.25, 0.3) is 5.69 Å². The van der Waals surface area contributed by atoms with Crippen LogP contribution in [-0.2, 0) is 6.54 Å². The van der Waals surface area contributed by atoms with Crippen molar-refractivity contribution in [2.75, 3.05) is 6.54 Å². The van der Waals surface area contributed by atoms with E-state index in [1.54, 1.807) is 10.7 Å². The van der Waals surface area contributed by atoms with E-state index in [9.17, 15) is 10.1 Å². The first kappa shape index (κ1) is 15.5.